The predicted molar refractivity (Wildman–Crippen MR) is 48.1 cm³/mol. The van der Waals surface area contributed by atoms with Crippen molar-refractivity contribution in [2.24, 2.45) is 7.05 Å². The number of hydrogen-bond acceptors (Lipinski definition) is 4. The molecular formula is C8H8F2N4O. The lowest BCUT2D eigenvalue weighted by atomic mass is 10.2. The summed E-state index contributed by atoms with van der Waals surface area (Å²) >= 11 is 0. The molecule has 0 fully saturated rings. The van der Waals surface area contributed by atoms with Gasteiger partial charge >= 0.3 is 0 Å². The third kappa shape index (κ3) is 1.67. The highest BCUT2D eigenvalue weighted by Gasteiger charge is 2.20. The number of rotatable bonds is 2. The second-order valence-electron chi connectivity index (χ2n) is 3.02. The molecule has 0 bridgehead atoms. The molecule has 0 aliphatic heterocycles. The minimum atomic E-state index is -2.65. The van der Waals surface area contributed by atoms with Gasteiger partial charge in [-0.25, -0.2) is 8.78 Å². The van der Waals surface area contributed by atoms with Gasteiger partial charge in [0.2, 0.25) is 5.88 Å². The van der Waals surface area contributed by atoms with E-state index < -0.39 is 6.43 Å². The third-order valence-corrected chi connectivity index (χ3v) is 1.87. The van der Waals surface area contributed by atoms with Crippen molar-refractivity contribution in [2.75, 3.05) is 5.73 Å². The lowest BCUT2D eigenvalue weighted by Crippen LogP contribution is -1.91. The number of hydrogen-bond donors (Lipinski definition) is 1. The zero-order chi connectivity index (χ0) is 11.0. The molecule has 2 N–H and O–H groups in total. The van der Waals surface area contributed by atoms with Gasteiger partial charge in [-0.1, -0.05) is 5.16 Å². The van der Waals surface area contributed by atoms with Crippen molar-refractivity contribution in [1.82, 2.24) is 14.9 Å². The zero-order valence-electron chi connectivity index (χ0n) is 7.82. The van der Waals surface area contributed by atoms with Crippen LogP contribution in [0.2, 0.25) is 0 Å². The SMILES string of the molecule is Cn1cc(-c2cc(N)on2)c(C(F)F)n1. The number of halogens is 2. The molecular weight excluding hydrogens is 206 g/mol. The highest BCUT2D eigenvalue weighted by molar-refractivity contribution is 5.63. The number of aromatic nitrogens is 3. The molecule has 5 nitrogen and oxygen atoms in total. The maximum atomic E-state index is 12.6. The maximum Gasteiger partial charge on any atom is 0.282 e. The van der Waals surface area contributed by atoms with Gasteiger partial charge in [0, 0.05) is 19.3 Å². The summed E-state index contributed by atoms with van der Waals surface area (Å²) < 4.78 is 31.0. The molecule has 2 rings (SSSR count). The summed E-state index contributed by atoms with van der Waals surface area (Å²) in [6.45, 7) is 0. The topological polar surface area (TPSA) is 69.9 Å². The van der Waals surface area contributed by atoms with Crippen LogP contribution in [0.4, 0.5) is 14.7 Å². The van der Waals surface area contributed by atoms with E-state index in [1.54, 1.807) is 7.05 Å². The summed E-state index contributed by atoms with van der Waals surface area (Å²) in [5.74, 6) is 0.0778. The van der Waals surface area contributed by atoms with E-state index in [9.17, 15) is 8.78 Å². The molecule has 0 atom stereocenters. The summed E-state index contributed by atoms with van der Waals surface area (Å²) in [7, 11) is 1.55. The minimum absolute atomic E-state index is 0.0778. The van der Waals surface area contributed by atoms with Crippen LogP contribution in [0.5, 0.6) is 0 Å². The number of aryl methyl sites for hydroxylation is 1. The Hall–Kier alpha value is -1.92. The van der Waals surface area contributed by atoms with E-state index >= 15 is 0 Å². The first-order valence-corrected chi connectivity index (χ1v) is 4.12. The molecule has 7 heteroatoms. The molecule has 0 aromatic carbocycles. The van der Waals surface area contributed by atoms with Crippen molar-refractivity contribution in [3.63, 3.8) is 0 Å². The van der Waals surface area contributed by atoms with Crippen molar-refractivity contribution in [3.8, 4) is 11.3 Å². The Bertz CT molecular complexity index is 477. The van der Waals surface area contributed by atoms with E-state index in [1.165, 1.54) is 16.9 Å². The largest absolute Gasteiger partial charge is 0.368 e. The van der Waals surface area contributed by atoms with Crippen LogP contribution in [-0.4, -0.2) is 14.9 Å². The number of alkyl halides is 2. The number of nitrogens with two attached hydrogens (primary N) is 1. The quantitative estimate of drug-likeness (QED) is 0.824. The van der Waals surface area contributed by atoms with E-state index in [2.05, 4.69) is 14.8 Å². The Labute approximate surface area is 83.5 Å². The summed E-state index contributed by atoms with van der Waals surface area (Å²) in [5, 5.41) is 7.20. The van der Waals surface area contributed by atoms with Crippen molar-refractivity contribution in [2.45, 2.75) is 6.43 Å². The van der Waals surface area contributed by atoms with Crippen LogP contribution in [0, 0.1) is 0 Å². The third-order valence-electron chi connectivity index (χ3n) is 1.87. The van der Waals surface area contributed by atoms with Crippen LogP contribution in [0.25, 0.3) is 11.3 Å². The molecule has 0 saturated carbocycles. The van der Waals surface area contributed by atoms with Crippen molar-refractivity contribution in [1.29, 1.82) is 0 Å². The van der Waals surface area contributed by atoms with Crippen LogP contribution >= 0.6 is 0 Å². The van der Waals surface area contributed by atoms with Gasteiger partial charge in [-0.2, -0.15) is 5.10 Å². The summed E-state index contributed by atoms with van der Waals surface area (Å²) in [5.41, 5.74) is 5.47. The molecule has 0 radical (unpaired) electrons. The van der Waals surface area contributed by atoms with E-state index in [0.29, 0.717) is 0 Å². The monoisotopic (exact) mass is 214 g/mol. The zero-order valence-corrected chi connectivity index (χ0v) is 7.82. The summed E-state index contributed by atoms with van der Waals surface area (Å²) in [6, 6.07) is 1.38. The van der Waals surface area contributed by atoms with E-state index in [1.807, 2.05) is 0 Å². The first-order valence-electron chi connectivity index (χ1n) is 4.12. The first-order chi connectivity index (χ1) is 7.08. The van der Waals surface area contributed by atoms with Gasteiger partial charge in [-0.3, -0.25) is 4.68 Å². The van der Waals surface area contributed by atoms with Gasteiger partial charge in [0.05, 0.1) is 5.56 Å². The van der Waals surface area contributed by atoms with Crippen LogP contribution in [0.1, 0.15) is 12.1 Å². The molecule has 0 aliphatic carbocycles. The van der Waals surface area contributed by atoms with Gasteiger partial charge < -0.3 is 10.3 Å². The highest BCUT2D eigenvalue weighted by Crippen LogP contribution is 2.29. The minimum Gasteiger partial charge on any atom is -0.368 e. The molecule has 80 valence electrons. The normalized spacial score (nSPS) is 11.2. The number of anilines is 1. The Kier molecular flexibility index (Phi) is 2.14. The molecule has 0 saturated heterocycles. The fraction of sp³-hybridized carbons (Fsp3) is 0.250. The Morgan fingerprint density at radius 1 is 1.53 bits per heavy atom. The number of nitrogens with zero attached hydrogens (tertiary/aromatic N) is 3. The first kappa shape index (κ1) is 9.63. The molecule has 0 aliphatic rings. The molecule has 0 spiro atoms. The van der Waals surface area contributed by atoms with Crippen molar-refractivity contribution >= 4 is 5.88 Å². The lowest BCUT2D eigenvalue weighted by Gasteiger charge is -1.94. The highest BCUT2D eigenvalue weighted by atomic mass is 19.3. The Morgan fingerprint density at radius 3 is 2.80 bits per heavy atom. The van der Waals surface area contributed by atoms with Crippen molar-refractivity contribution < 1.29 is 13.3 Å². The predicted octanol–water partition coefficient (Wildman–Crippen LogP) is 1.59. The van der Waals surface area contributed by atoms with Crippen LogP contribution in [0.15, 0.2) is 16.8 Å². The molecule has 0 amide bonds. The van der Waals surface area contributed by atoms with E-state index in [-0.39, 0.29) is 22.8 Å². The molecule has 2 heterocycles. The van der Waals surface area contributed by atoms with Crippen molar-refractivity contribution in [3.05, 3.63) is 18.0 Å². The lowest BCUT2D eigenvalue weighted by molar-refractivity contribution is 0.146. The standard InChI is InChI=1S/C8H8F2N4O/c1-14-3-4(7(12-14)8(9)10)5-2-6(11)15-13-5/h2-3,8H,11H2,1H3. The molecule has 2 aromatic heterocycles. The van der Waals surface area contributed by atoms with Gasteiger partial charge in [0.15, 0.2) is 0 Å². The van der Waals surface area contributed by atoms with Crippen LogP contribution in [0.3, 0.4) is 0 Å². The second-order valence-corrected chi connectivity index (χ2v) is 3.02. The Morgan fingerprint density at radius 2 is 2.27 bits per heavy atom. The second kappa shape index (κ2) is 3.34. The number of nitrogen functional groups attached to an aromatic ring is 1. The Balaban J connectivity index is 2.52. The van der Waals surface area contributed by atoms with Gasteiger partial charge in [-0.05, 0) is 0 Å². The fourth-order valence-corrected chi connectivity index (χ4v) is 1.28. The van der Waals surface area contributed by atoms with Gasteiger partial charge in [-0.15, -0.1) is 0 Å². The molecule has 2 aromatic rings. The smallest absolute Gasteiger partial charge is 0.282 e. The maximum absolute atomic E-state index is 12.6. The summed E-state index contributed by atoms with van der Waals surface area (Å²) in [4.78, 5) is 0. The van der Waals surface area contributed by atoms with E-state index in [4.69, 9.17) is 5.73 Å². The van der Waals surface area contributed by atoms with E-state index in [0.717, 1.165) is 0 Å². The van der Waals surface area contributed by atoms with Crippen LogP contribution in [-0.2, 0) is 7.05 Å². The van der Waals surface area contributed by atoms with Gasteiger partial charge in [0.25, 0.3) is 6.43 Å². The average molecular weight is 214 g/mol. The average Bonchev–Trinajstić information content (AvgIpc) is 2.71. The fourth-order valence-electron chi connectivity index (χ4n) is 1.28. The van der Waals surface area contributed by atoms with Gasteiger partial charge in [0.1, 0.15) is 11.4 Å². The van der Waals surface area contributed by atoms with Crippen LogP contribution < -0.4 is 5.73 Å². The summed E-state index contributed by atoms with van der Waals surface area (Å²) in [6.07, 6.45) is -1.21. The molecule has 0 unspecified atom stereocenters. The molecule has 15 heavy (non-hydrogen) atoms.